The van der Waals surface area contributed by atoms with Crippen LogP contribution >= 0.6 is 11.6 Å². The Balaban J connectivity index is 2.11. The Morgan fingerprint density at radius 3 is 2.67 bits per heavy atom. The molecule has 110 valence electrons. The van der Waals surface area contributed by atoms with Gasteiger partial charge in [-0.25, -0.2) is 8.78 Å². The second-order valence-electron chi connectivity index (χ2n) is 5.11. The molecule has 0 fully saturated rings. The standard InChI is InChI=1S/C16H13ClF2O2/c1-8-4-11(14(19)7-13(8)18)15(20)12-6-10(17)5-9-2-3-21-16(9)12/h4-7,15,20H,2-3H2,1H3. The number of halogens is 3. The SMILES string of the molecule is Cc1cc(C(O)c2cc(Cl)cc3c2OCC3)c(F)cc1F. The van der Waals surface area contributed by atoms with Crippen LogP contribution in [0, 0.1) is 18.6 Å². The molecule has 0 aliphatic carbocycles. The van der Waals surface area contributed by atoms with E-state index < -0.39 is 17.7 Å². The zero-order valence-corrected chi connectivity index (χ0v) is 12.0. The first-order valence-corrected chi connectivity index (χ1v) is 6.94. The van der Waals surface area contributed by atoms with Gasteiger partial charge < -0.3 is 9.84 Å². The molecule has 1 heterocycles. The third kappa shape index (κ3) is 2.49. The lowest BCUT2D eigenvalue weighted by molar-refractivity contribution is 0.208. The molecule has 0 saturated heterocycles. The van der Waals surface area contributed by atoms with Crippen molar-refractivity contribution in [3.8, 4) is 5.75 Å². The molecule has 0 amide bonds. The summed E-state index contributed by atoms with van der Waals surface area (Å²) in [7, 11) is 0. The molecule has 1 aliphatic heterocycles. The molecule has 3 rings (SSSR count). The van der Waals surface area contributed by atoms with Crippen molar-refractivity contribution in [1.29, 1.82) is 0 Å². The highest BCUT2D eigenvalue weighted by molar-refractivity contribution is 6.30. The predicted molar refractivity (Wildman–Crippen MR) is 75.8 cm³/mol. The van der Waals surface area contributed by atoms with Gasteiger partial charge in [-0.05, 0) is 36.2 Å². The lowest BCUT2D eigenvalue weighted by Crippen LogP contribution is -2.06. The average Bonchev–Trinajstić information content (AvgIpc) is 2.89. The number of fused-ring (bicyclic) bond motifs is 1. The minimum atomic E-state index is -1.25. The van der Waals surface area contributed by atoms with Gasteiger partial charge in [0.05, 0.1) is 6.61 Å². The van der Waals surface area contributed by atoms with Crippen LogP contribution in [0.2, 0.25) is 5.02 Å². The van der Waals surface area contributed by atoms with E-state index in [1.807, 2.05) is 0 Å². The van der Waals surface area contributed by atoms with Crippen molar-refractivity contribution in [3.05, 3.63) is 63.2 Å². The van der Waals surface area contributed by atoms with Crippen LogP contribution in [0.4, 0.5) is 8.78 Å². The number of benzene rings is 2. The van der Waals surface area contributed by atoms with Gasteiger partial charge >= 0.3 is 0 Å². The molecule has 1 N–H and O–H groups in total. The third-order valence-corrected chi connectivity index (χ3v) is 3.86. The number of ether oxygens (including phenoxy) is 1. The highest BCUT2D eigenvalue weighted by Crippen LogP contribution is 2.39. The van der Waals surface area contributed by atoms with Crippen LogP contribution in [-0.4, -0.2) is 11.7 Å². The maximum Gasteiger partial charge on any atom is 0.132 e. The van der Waals surface area contributed by atoms with Gasteiger partial charge in [-0.2, -0.15) is 0 Å². The first-order chi connectivity index (χ1) is 9.97. The van der Waals surface area contributed by atoms with Gasteiger partial charge in [0, 0.05) is 28.6 Å². The summed E-state index contributed by atoms with van der Waals surface area (Å²) in [6, 6.07) is 5.40. The molecule has 0 spiro atoms. The average molecular weight is 311 g/mol. The Morgan fingerprint density at radius 1 is 1.14 bits per heavy atom. The van der Waals surface area contributed by atoms with Crippen molar-refractivity contribution in [2.24, 2.45) is 0 Å². The molecule has 2 aromatic carbocycles. The number of rotatable bonds is 2. The molecule has 0 bridgehead atoms. The number of aryl methyl sites for hydroxylation is 1. The Hall–Kier alpha value is -1.65. The molecule has 0 saturated carbocycles. The normalized spacial score (nSPS) is 14.7. The largest absolute Gasteiger partial charge is 0.493 e. The van der Waals surface area contributed by atoms with Crippen LogP contribution in [0.15, 0.2) is 24.3 Å². The van der Waals surface area contributed by atoms with Gasteiger partial charge in [-0.1, -0.05) is 11.6 Å². The molecule has 0 radical (unpaired) electrons. The first-order valence-electron chi connectivity index (χ1n) is 6.56. The fraction of sp³-hybridized carbons (Fsp3) is 0.250. The Morgan fingerprint density at radius 2 is 1.90 bits per heavy atom. The van der Waals surface area contributed by atoms with Crippen LogP contribution in [0.1, 0.15) is 28.4 Å². The third-order valence-electron chi connectivity index (χ3n) is 3.64. The van der Waals surface area contributed by atoms with E-state index in [4.69, 9.17) is 16.3 Å². The Labute approximate surface area is 125 Å². The quantitative estimate of drug-likeness (QED) is 0.910. The molecule has 0 aromatic heterocycles. The van der Waals surface area contributed by atoms with E-state index >= 15 is 0 Å². The molecule has 2 aromatic rings. The number of hydrogen-bond acceptors (Lipinski definition) is 2. The summed E-state index contributed by atoms with van der Waals surface area (Å²) in [6.45, 7) is 2.02. The summed E-state index contributed by atoms with van der Waals surface area (Å²) in [5.41, 5.74) is 1.56. The topological polar surface area (TPSA) is 29.5 Å². The minimum absolute atomic E-state index is 0.00821. The van der Waals surface area contributed by atoms with Gasteiger partial charge in [0.2, 0.25) is 0 Å². The minimum Gasteiger partial charge on any atom is -0.493 e. The summed E-state index contributed by atoms with van der Waals surface area (Å²) in [6.07, 6.45) is -0.560. The van der Waals surface area contributed by atoms with Gasteiger partial charge in [0.15, 0.2) is 0 Å². The Kier molecular flexibility index (Phi) is 3.59. The molecule has 1 atom stereocenters. The van der Waals surface area contributed by atoms with Gasteiger partial charge in [0.25, 0.3) is 0 Å². The van der Waals surface area contributed by atoms with E-state index in [1.165, 1.54) is 13.0 Å². The second kappa shape index (κ2) is 5.28. The molecule has 1 unspecified atom stereocenters. The van der Waals surface area contributed by atoms with E-state index in [2.05, 4.69) is 0 Å². The van der Waals surface area contributed by atoms with Crippen LogP contribution in [-0.2, 0) is 6.42 Å². The van der Waals surface area contributed by atoms with Crippen LogP contribution in [0.3, 0.4) is 0 Å². The Bertz CT molecular complexity index is 716. The summed E-state index contributed by atoms with van der Waals surface area (Å²) < 4.78 is 32.8. The number of hydrogen-bond donors (Lipinski definition) is 1. The van der Waals surface area contributed by atoms with Crippen molar-refractivity contribution in [1.82, 2.24) is 0 Å². The van der Waals surface area contributed by atoms with Crippen LogP contribution < -0.4 is 4.74 Å². The fourth-order valence-electron chi connectivity index (χ4n) is 2.56. The van der Waals surface area contributed by atoms with E-state index in [9.17, 15) is 13.9 Å². The maximum atomic E-state index is 13.9. The maximum absolute atomic E-state index is 13.9. The second-order valence-corrected chi connectivity index (χ2v) is 5.54. The highest BCUT2D eigenvalue weighted by Gasteiger charge is 2.25. The van der Waals surface area contributed by atoms with E-state index in [-0.39, 0.29) is 11.1 Å². The molecule has 5 heteroatoms. The summed E-state index contributed by atoms with van der Waals surface area (Å²) in [4.78, 5) is 0. The van der Waals surface area contributed by atoms with E-state index in [0.29, 0.717) is 29.4 Å². The number of aliphatic hydroxyl groups is 1. The fourth-order valence-corrected chi connectivity index (χ4v) is 2.81. The van der Waals surface area contributed by atoms with Gasteiger partial charge in [-0.15, -0.1) is 0 Å². The summed E-state index contributed by atoms with van der Waals surface area (Å²) in [5, 5.41) is 10.9. The van der Waals surface area contributed by atoms with Gasteiger partial charge in [0.1, 0.15) is 23.5 Å². The lowest BCUT2D eigenvalue weighted by Gasteiger charge is -2.17. The molecule has 1 aliphatic rings. The van der Waals surface area contributed by atoms with Crippen molar-refractivity contribution in [3.63, 3.8) is 0 Å². The lowest BCUT2D eigenvalue weighted by atomic mass is 9.96. The van der Waals surface area contributed by atoms with Crippen molar-refractivity contribution in [2.75, 3.05) is 6.61 Å². The highest BCUT2D eigenvalue weighted by atomic mass is 35.5. The summed E-state index contributed by atoms with van der Waals surface area (Å²) in [5.74, 6) is -0.901. The van der Waals surface area contributed by atoms with E-state index in [0.717, 1.165) is 11.6 Å². The van der Waals surface area contributed by atoms with Crippen molar-refractivity contribution >= 4 is 11.6 Å². The van der Waals surface area contributed by atoms with Crippen LogP contribution in [0.25, 0.3) is 0 Å². The molecule has 21 heavy (non-hydrogen) atoms. The van der Waals surface area contributed by atoms with Crippen molar-refractivity contribution < 1.29 is 18.6 Å². The molecular weight excluding hydrogens is 298 g/mol. The smallest absolute Gasteiger partial charge is 0.132 e. The van der Waals surface area contributed by atoms with Crippen LogP contribution in [0.5, 0.6) is 5.75 Å². The van der Waals surface area contributed by atoms with Gasteiger partial charge in [-0.3, -0.25) is 0 Å². The number of aliphatic hydroxyl groups excluding tert-OH is 1. The zero-order valence-electron chi connectivity index (χ0n) is 11.3. The van der Waals surface area contributed by atoms with Crippen molar-refractivity contribution in [2.45, 2.75) is 19.4 Å². The zero-order chi connectivity index (χ0) is 15.1. The predicted octanol–water partition coefficient (Wildman–Crippen LogP) is 3.94. The summed E-state index contributed by atoms with van der Waals surface area (Å²) >= 11 is 6.04. The molecule has 2 nitrogen and oxygen atoms in total. The molecular formula is C16H13ClF2O2. The monoisotopic (exact) mass is 310 g/mol. The van der Waals surface area contributed by atoms with E-state index in [1.54, 1.807) is 12.1 Å². The first kappa shape index (κ1) is 14.3.